The van der Waals surface area contributed by atoms with E-state index in [2.05, 4.69) is 163 Å². The maximum Gasteiger partial charge on any atom is 0.161 e. The van der Waals surface area contributed by atoms with Crippen LogP contribution < -0.4 is 29.8 Å². The second-order valence-electron chi connectivity index (χ2n) is 9.66. The summed E-state index contributed by atoms with van der Waals surface area (Å²) in [6.07, 6.45) is 0. The Balaban J connectivity index is 1.62. The Morgan fingerprint density at radius 1 is 0.452 bits per heavy atom. The van der Waals surface area contributed by atoms with E-state index >= 15 is 0 Å². The summed E-state index contributed by atoms with van der Waals surface area (Å²) in [5.74, 6) is 0.863. The first kappa shape index (κ1) is 28.3. The Labute approximate surface area is 255 Å². The molecule has 6 rings (SSSR count). The van der Waals surface area contributed by atoms with E-state index in [0.29, 0.717) is 0 Å². The maximum absolute atomic E-state index is 6.62. The summed E-state index contributed by atoms with van der Waals surface area (Å²) in [6.45, 7) is 2.20. The first-order valence-corrected chi connectivity index (χ1v) is 17.2. The van der Waals surface area contributed by atoms with E-state index in [4.69, 9.17) is 4.18 Å². The highest BCUT2D eigenvalue weighted by Gasteiger charge is 2.35. The number of rotatable bonds is 10. The summed E-state index contributed by atoms with van der Waals surface area (Å²) in [7, 11) is -2.00. The summed E-state index contributed by atoms with van der Waals surface area (Å²) in [5.41, 5.74) is 2.30. The van der Waals surface area contributed by atoms with Gasteiger partial charge in [0.2, 0.25) is 0 Å². The minimum Gasteiger partial charge on any atom is -0.418 e. The lowest BCUT2D eigenvalue weighted by molar-refractivity contribution is 0.647. The Bertz CT molecular complexity index is 1530. The first-order chi connectivity index (χ1) is 20.8. The van der Waals surface area contributed by atoms with Crippen LogP contribution in [0.1, 0.15) is 5.56 Å². The molecular formula is C37H31NOP2S. The molecule has 0 aliphatic heterocycles. The molecule has 6 aromatic rings. The number of benzene rings is 6. The number of nitrogens with zero attached hydrogens (tertiary/aromatic N) is 1. The predicted molar refractivity (Wildman–Crippen MR) is 185 cm³/mol. The minimum absolute atomic E-state index is 0.863. The molecule has 0 aliphatic carbocycles. The van der Waals surface area contributed by atoms with Gasteiger partial charge in [0.1, 0.15) is 0 Å². The van der Waals surface area contributed by atoms with Gasteiger partial charge in [0.05, 0.1) is 33.9 Å². The molecule has 6 aromatic carbocycles. The third-order valence-corrected chi connectivity index (χ3v) is 12.9. The van der Waals surface area contributed by atoms with Crippen molar-refractivity contribution in [1.29, 1.82) is 0 Å². The fourth-order valence-corrected chi connectivity index (χ4v) is 11.6. The molecule has 0 N–H and O–H groups in total. The van der Waals surface area contributed by atoms with Gasteiger partial charge in [0.15, 0.2) is 5.75 Å². The standard InChI is InChI=1S/C37H31NOP2S/c1-30-18-17-29-36(39-42-35-27-15-6-16-28-35)37(30)38(40(31-19-7-2-8-20-31)32-21-9-3-10-22-32)41(33-23-11-4-12-24-33)34-25-13-5-14-26-34/h2-29H,1H3. The van der Waals surface area contributed by atoms with Gasteiger partial charge in [-0.25, -0.2) is 0 Å². The van der Waals surface area contributed by atoms with Crippen molar-refractivity contribution >= 4 is 55.1 Å². The topological polar surface area (TPSA) is 12.5 Å². The monoisotopic (exact) mass is 599 g/mol. The molecule has 0 aliphatic rings. The number of para-hydroxylation sites is 1. The lowest BCUT2D eigenvalue weighted by Gasteiger charge is -2.41. The molecule has 0 aromatic heterocycles. The molecule has 5 heteroatoms. The van der Waals surface area contributed by atoms with Crippen LogP contribution in [0.25, 0.3) is 0 Å². The highest BCUT2D eigenvalue weighted by Crippen LogP contribution is 2.60. The van der Waals surface area contributed by atoms with E-state index in [1.807, 2.05) is 18.2 Å². The van der Waals surface area contributed by atoms with E-state index in [0.717, 1.165) is 16.3 Å². The van der Waals surface area contributed by atoms with Crippen molar-refractivity contribution < 1.29 is 4.18 Å². The fourth-order valence-electron chi connectivity index (χ4n) is 4.83. The first-order valence-electron chi connectivity index (χ1n) is 13.9. The SMILES string of the molecule is Cc1cccc(OSc2ccccc2)c1N(P(c1ccccc1)c1ccccc1)P(c1ccccc1)c1ccccc1. The summed E-state index contributed by atoms with van der Waals surface area (Å²) in [5, 5.41) is 5.18. The van der Waals surface area contributed by atoms with Crippen LogP contribution in [0.3, 0.4) is 0 Å². The van der Waals surface area contributed by atoms with Crippen molar-refractivity contribution in [3.8, 4) is 5.75 Å². The third-order valence-electron chi connectivity index (χ3n) is 6.75. The van der Waals surface area contributed by atoms with Crippen molar-refractivity contribution in [3.05, 3.63) is 175 Å². The highest BCUT2D eigenvalue weighted by atomic mass is 32.2. The molecule has 0 heterocycles. The molecule has 0 spiro atoms. The average molecular weight is 600 g/mol. The second kappa shape index (κ2) is 13.9. The lowest BCUT2D eigenvalue weighted by atomic mass is 10.2. The van der Waals surface area contributed by atoms with Crippen LogP contribution in [0.4, 0.5) is 5.69 Å². The van der Waals surface area contributed by atoms with Crippen LogP contribution >= 0.6 is 28.2 Å². The van der Waals surface area contributed by atoms with Crippen LogP contribution in [0.5, 0.6) is 5.75 Å². The minimum atomic E-state index is -1.00. The molecule has 206 valence electrons. The second-order valence-corrected chi connectivity index (χ2v) is 14.9. The summed E-state index contributed by atoms with van der Waals surface area (Å²) in [6, 6.07) is 60.5. The van der Waals surface area contributed by atoms with Gasteiger partial charge < -0.3 is 8.62 Å². The molecule has 2 nitrogen and oxygen atoms in total. The highest BCUT2D eigenvalue weighted by molar-refractivity contribution is 7.95. The third kappa shape index (κ3) is 6.45. The van der Waals surface area contributed by atoms with Crippen LogP contribution in [-0.2, 0) is 0 Å². The lowest BCUT2D eigenvalue weighted by Crippen LogP contribution is -2.32. The molecule has 0 bridgehead atoms. The van der Waals surface area contributed by atoms with Crippen LogP contribution in [0, 0.1) is 6.92 Å². The molecule has 0 amide bonds. The zero-order chi connectivity index (χ0) is 28.6. The van der Waals surface area contributed by atoms with Crippen molar-refractivity contribution in [3.63, 3.8) is 0 Å². The molecule has 0 unspecified atom stereocenters. The molecule has 0 saturated heterocycles. The van der Waals surface area contributed by atoms with Crippen LogP contribution in [0.15, 0.2) is 175 Å². The predicted octanol–water partition coefficient (Wildman–Crippen LogP) is 8.98. The molecular weight excluding hydrogens is 568 g/mol. The zero-order valence-corrected chi connectivity index (χ0v) is 25.9. The van der Waals surface area contributed by atoms with E-state index in [-0.39, 0.29) is 0 Å². The van der Waals surface area contributed by atoms with Gasteiger partial charge in [0, 0.05) is 26.1 Å². The zero-order valence-electron chi connectivity index (χ0n) is 23.3. The Morgan fingerprint density at radius 3 is 1.24 bits per heavy atom. The average Bonchev–Trinajstić information content (AvgIpc) is 3.06. The maximum atomic E-state index is 6.62. The van der Waals surface area contributed by atoms with E-state index < -0.39 is 16.1 Å². The number of aryl methyl sites for hydroxylation is 1. The summed E-state index contributed by atoms with van der Waals surface area (Å²) in [4.78, 5) is 1.07. The van der Waals surface area contributed by atoms with Gasteiger partial charge in [0.25, 0.3) is 0 Å². The van der Waals surface area contributed by atoms with Crippen molar-refractivity contribution in [2.45, 2.75) is 11.8 Å². The molecule has 42 heavy (non-hydrogen) atoms. The van der Waals surface area contributed by atoms with Crippen molar-refractivity contribution in [2.75, 3.05) is 4.44 Å². The summed E-state index contributed by atoms with van der Waals surface area (Å²) < 4.78 is 9.32. The molecule has 0 atom stereocenters. The fraction of sp³-hybridized carbons (Fsp3) is 0.0270. The molecule has 0 saturated carbocycles. The van der Waals surface area contributed by atoms with E-state index in [1.54, 1.807) is 0 Å². The summed E-state index contributed by atoms with van der Waals surface area (Å²) >= 11 is 1.41. The normalized spacial score (nSPS) is 11.0. The van der Waals surface area contributed by atoms with Gasteiger partial charge in [-0.2, -0.15) is 0 Å². The smallest absolute Gasteiger partial charge is 0.161 e. The molecule has 0 fully saturated rings. The number of hydrogen-bond acceptors (Lipinski definition) is 3. The van der Waals surface area contributed by atoms with Gasteiger partial charge >= 0.3 is 0 Å². The van der Waals surface area contributed by atoms with Gasteiger partial charge in [-0.3, -0.25) is 0 Å². The van der Waals surface area contributed by atoms with Crippen LogP contribution in [-0.4, -0.2) is 0 Å². The van der Waals surface area contributed by atoms with Crippen LogP contribution in [0.2, 0.25) is 0 Å². The molecule has 0 radical (unpaired) electrons. The number of anilines is 1. The quantitative estimate of drug-likeness (QED) is 0.115. The number of hydrogen-bond donors (Lipinski definition) is 0. The van der Waals surface area contributed by atoms with Gasteiger partial charge in [-0.05, 0) is 30.7 Å². The van der Waals surface area contributed by atoms with E-state index in [1.165, 1.54) is 38.8 Å². The van der Waals surface area contributed by atoms with Gasteiger partial charge in [-0.1, -0.05) is 152 Å². The van der Waals surface area contributed by atoms with E-state index in [9.17, 15) is 0 Å². The van der Waals surface area contributed by atoms with Crippen molar-refractivity contribution in [1.82, 2.24) is 0 Å². The Hall–Kier alpha value is -3.87. The van der Waals surface area contributed by atoms with Gasteiger partial charge in [-0.15, -0.1) is 0 Å². The largest absolute Gasteiger partial charge is 0.418 e. The Kier molecular flexibility index (Phi) is 9.33. The van der Waals surface area contributed by atoms with Crippen molar-refractivity contribution in [2.24, 2.45) is 0 Å². The Morgan fingerprint density at radius 2 is 0.833 bits per heavy atom.